The van der Waals surface area contributed by atoms with Gasteiger partial charge in [-0.25, -0.2) is 0 Å². The summed E-state index contributed by atoms with van der Waals surface area (Å²) in [5, 5.41) is 0. The van der Waals surface area contributed by atoms with Gasteiger partial charge in [0.15, 0.2) is 0 Å². The molecule has 24 heavy (non-hydrogen) atoms. The fourth-order valence-electron chi connectivity index (χ4n) is 2.44. The normalized spacial score (nSPS) is 11.7. The van der Waals surface area contributed by atoms with Crippen molar-refractivity contribution >= 4 is 5.97 Å². The largest absolute Gasteiger partial charge is 0.497 e. The van der Waals surface area contributed by atoms with E-state index in [0.717, 1.165) is 28.2 Å². The van der Waals surface area contributed by atoms with Crippen molar-refractivity contribution in [1.29, 1.82) is 0 Å². The van der Waals surface area contributed by atoms with Crippen molar-refractivity contribution in [3.63, 3.8) is 0 Å². The van der Waals surface area contributed by atoms with E-state index in [1.165, 1.54) is 0 Å². The first-order valence-corrected chi connectivity index (χ1v) is 7.82. The Balaban J connectivity index is 2.16. The highest BCUT2D eigenvalue weighted by atomic mass is 16.5. The average Bonchev–Trinajstić information content (AvgIpc) is 2.62. The molecule has 0 radical (unpaired) electrons. The van der Waals surface area contributed by atoms with E-state index in [1.807, 2.05) is 42.5 Å². The van der Waals surface area contributed by atoms with E-state index in [0.29, 0.717) is 13.0 Å². The van der Waals surface area contributed by atoms with Gasteiger partial charge in [0.05, 0.1) is 20.8 Å². The van der Waals surface area contributed by atoms with Crippen molar-refractivity contribution < 1.29 is 19.0 Å². The second kappa shape index (κ2) is 8.36. The third-order valence-electron chi connectivity index (χ3n) is 3.72. The summed E-state index contributed by atoms with van der Waals surface area (Å²) in [6.07, 6.45) is 0.443. The van der Waals surface area contributed by atoms with Gasteiger partial charge in [-0.05, 0) is 36.6 Å². The molecule has 2 aromatic carbocycles. The van der Waals surface area contributed by atoms with Crippen LogP contribution < -0.4 is 15.2 Å². The van der Waals surface area contributed by atoms with Crippen molar-refractivity contribution in [3.05, 3.63) is 48.0 Å². The Bertz CT molecular complexity index is 682. The van der Waals surface area contributed by atoms with Crippen LogP contribution >= 0.6 is 0 Å². The Morgan fingerprint density at radius 1 is 1.08 bits per heavy atom. The number of hydrogen-bond acceptors (Lipinski definition) is 5. The van der Waals surface area contributed by atoms with Crippen LogP contribution in [-0.4, -0.2) is 32.8 Å². The van der Waals surface area contributed by atoms with E-state index in [9.17, 15) is 4.79 Å². The van der Waals surface area contributed by atoms with Crippen molar-refractivity contribution in [2.24, 2.45) is 5.73 Å². The minimum atomic E-state index is -0.647. The quantitative estimate of drug-likeness (QED) is 0.791. The number of ether oxygens (including phenoxy) is 3. The SMILES string of the molecule is CCOC(=O)C(N)Cc1ccc(-c2ccc(OC)cc2OC)cc1. The standard InChI is InChI=1S/C19H23NO4/c1-4-24-19(21)17(20)11-13-5-7-14(8-6-13)16-10-9-15(22-2)12-18(16)23-3/h5-10,12,17H,4,11,20H2,1-3H3. The van der Waals surface area contributed by atoms with Gasteiger partial charge in [-0.3, -0.25) is 4.79 Å². The number of esters is 1. The lowest BCUT2D eigenvalue weighted by Gasteiger charge is -2.13. The summed E-state index contributed by atoms with van der Waals surface area (Å²) in [6, 6.07) is 12.9. The number of methoxy groups -OCH3 is 2. The Hall–Kier alpha value is -2.53. The summed E-state index contributed by atoms with van der Waals surface area (Å²) in [7, 11) is 3.25. The molecule has 0 heterocycles. The fraction of sp³-hybridized carbons (Fsp3) is 0.316. The molecule has 5 heteroatoms. The molecule has 0 saturated heterocycles. The zero-order valence-corrected chi connectivity index (χ0v) is 14.2. The molecule has 128 valence electrons. The zero-order valence-electron chi connectivity index (χ0n) is 14.2. The van der Waals surface area contributed by atoms with Crippen LogP contribution in [0.25, 0.3) is 11.1 Å². The summed E-state index contributed by atoms with van der Waals surface area (Å²) >= 11 is 0. The predicted octanol–water partition coefficient (Wildman–Crippen LogP) is 2.80. The minimum Gasteiger partial charge on any atom is -0.497 e. The van der Waals surface area contributed by atoms with Crippen LogP contribution in [0.2, 0.25) is 0 Å². The van der Waals surface area contributed by atoms with Gasteiger partial charge in [-0.1, -0.05) is 24.3 Å². The van der Waals surface area contributed by atoms with E-state index in [-0.39, 0.29) is 5.97 Å². The van der Waals surface area contributed by atoms with Gasteiger partial charge in [-0.2, -0.15) is 0 Å². The molecule has 0 aliphatic carbocycles. The van der Waals surface area contributed by atoms with Crippen molar-refractivity contribution in [2.75, 3.05) is 20.8 Å². The highest BCUT2D eigenvalue weighted by Crippen LogP contribution is 2.33. The van der Waals surface area contributed by atoms with Gasteiger partial charge >= 0.3 is 5.97 Å². The molecule has 2 rings (SSSR count). The highest BCUT2D eigenvalue weighted by Gasteiger charge is 2.15. The lowest BCUT2D eigenvalue weighted by atomic mass is 10.00. The molecule has 1 atom stereocenters. The molecule has 0 aliphatic heterocycles. The third-order valence-corrected chi connectivity index (χ3v) is 3.72. The lowest BCUT2D eigenvalue weighted by molar-refractivity contribution is -0.144. The molecule has 1 unspecified atom stereocenters. The minimum absolute atomic E-state index is 0.336. The summed E-state index contributed by atoms with van der Waals surface area (Å²) in [6.45, 7) is 2.10. The lowest BCUT2D eigenvalue weighted by Crippen LogP contribution is -2.34. The Morgan fingerprint density at radius 3 is 2.38 bits per heavy atom. The maximum absolute atomic E-state index is 11.6. The number of nitrogens with two attached hydrogens (primary N) is 1. The van der Waals surface area contributed by atoms with Gasteiger partial charge in [0.25, 0.3) is 0 Å². The molecular formula is C19H23NO4. The average molecular weight is 329 g/mol. The molecule has 5 nitrogen and oxygen atoms in total. The number of benzene rings is 2. The maximum Gasteiger partial charge on any atom is 0.323 e. The zero-order chi connectivity index (χ0) is 17.5. The van der Waals surface area contributed by atoms with Gasteiger partial charge in [-0.15, -0.1) is 0 Å². The van der Waals surface area contributed by atoms with Crippen LogP contribution in [0, 0.1) is 0 Å². The topological polar surface area (TPSA) is 70.8 Å². The molecule has 0 amide bonds. The van der Waals surface area contributed by atoms with E-state index >= 15 is 0 Å². The molecule has 0 saturated carbocycles. The van der Waals surface area contributed by atoms with E-state index in [4.69, 9.17) is 19.9 Å². The predicted molar refractivity (Wildman–Crippen MR) is 93.3 cm³/mol. The van der Waals surface area contributed by atoms with Crippen LogP contribution in [0.4, 0.5) is 0 Å². The first-order valence-electron chi connectivity index (χ1n) is 7.82. The smallest absolute Gasteiger partial charge is 0.323 e. The van der Waals surface area contributed by atoms with Crippen molar-refractivity contribution in [3.8, 4) is 22.6 Å². The Kier molecular flexibility index (Phi) is 6.21. The Labute approximate surface area is 142 Å². The first-order chi connectivity index (χ1) is 11.6. The summed E-state index contributed by atoms with van der Waals surface area (Å²) < 4.78 is 15.6. The van der Waals surface area contributed by atoms with Crippen molar-refractivity contribution in [1.82, 2.24) is 0 Å². The molecule has 2 aromatic rings. The summed E-state index contributed by atoms with van der Waals surface area (Å²) in [5.41, 5.74) is 8.82. The van der Waals surface area contributed by atoms with Crippen LogP contribution in [-0.2, 0) is 16.0 Å². The van der Waals surface area contributed by atoms with Crippen LogP contribution in [0.1, 0.15) is 12.5 Å². The van der Waals surface area contributed by atoms with Crippen LogP contribution in [0.5, 0.6) is 11.5 Å². The van der Waals surface area contributed by atoms with Gasteiger partial charge < -0.3 is 19.9 Å². The summed E-state index contributed by atoms with van der Waals surface area (Å²) in [5.74, 6) is 1.11. The molecule has 0 fully saturated rings. The molecule has 0 bridgehead atoms. The van der Waals surface area contributed by atoms with Gasteiger partial charge in [0, 0.05) is 11.6 Å². The first kappa shape index (κ1) is 17.8. The third kappa shape index (κ3) is 4.26. The number of carbonyl (C=O) groups excluding carboxylic acids is 1. The van der Waals surface area contributed by atoms with E-state index in [2.05, 4.69) is 0 Å². The Morgan fingerprint density at radius 2 is 1.79 bits per heavy atom. The maximum atomic E-state index is 11.6. The second-order valence-electron chi connectivity index (χ2n) is 5.33. The molecule has 0 aromatic heterocycles. The number of rotatable bonds is 7. The number of hydrogen-bond donors (Lipinski definition) is 1. The summed E-state index contributed by atoms with van der Waals surface area (Å²) in [4.78, 5) is 11.6. The van der Waals surface area contributed by atoms with Crippen LogP contribution in [0.15, 0.2) is 42.5 Å². The fourth-order valence-corrected chi connectivity index (χ4v) is 2.44. The monoisotopic (exact) mass is 329 g/mol. The van der Waals surface area contributed by atoms with Gasteiger partial charge in [0.1, 0.15) is 17.5 Å². The number of carbonyl (C=O) groups is 1. The van der Waals surface area contributed by atoms with Crippen LogP contribution in [0.3, 0.4) is 0 Å². The molecule has 0 aliphatic rings. The van der Waals surface area contributed by atoms with Gasteiger partial charge in [0.2, 0.25) is 0 Å². The molecular weight excluding hydrogens is 306 g/mol. The molecule has 2 N–H and O–H groups in total. The second-order valence-corrected chi connectivity index (χ2v) is 5.33. The van der Waals surface area contributed by atoms with E-state index < -0.39 is 6.04 Å². The van der Waals surface area contributed by atoms with Crippen molar-refractivity contribution in [2.45, 2.75) is 19.4 Å². The highest BCUT2D eigenvalue weighted by molar-refractivity contribution is 5.76. The molecule has 0 spiro atoms. The van der Waals surface area contributed by atoms with E-state index in [1.54, 1.807) is 21.1 Å².